The zero-order chi connectivity index (χ0) is 14.1. The Hall–Kier alpha value is -1.89. The molecular formula is C19H20O. The Balaban J connectivity index is 1.79. The number of aryl methyl sites for hydroxylation is 3. The third-order valence-corrected chi connectivity index (χ3v) is 4.47. The lowest BCUT2D eigenvalue weighted by atomic mass is 9.92. The average molecular weight is 264 g/mol. The van der Waals surface area contributed by atoms with Crippen molar-refractivity contribution in [2.45, 2.75) is 39.0 Å². The van der Waals surface area contributed by atoms with Crippen LogP contribution in [0.2, 0.25) is 0 Å². The minimum atomic E-state index is 0.104. The van der Waals surface area contributed by atoms with Crippen LogP contribution in [0.25, 0.3) is 0 Å². The van der Waals surface area contributed by atoms with Crippen LogP contribution in [0.3, 0.4) is 0 Å². The smallest absolute Gasteiger partial charge is 0.144 e. The Morgan fingerprint density at radius 1 is 1.10 bits per heavy atom. The molecule has 2 aromatic rings. The normalized spacial score (nSPS) is 17.0. The molecule has 1 aliphatic carbocycles. The van der Waals surface area contributed by atoms with Gasteiger partial charge in [0, 0.05) is 12.3 Å². The molecular weight excluding hydrogens is 244 g/mol. The van der Waals surface area contributed by atoms with Gasteiger partial charge in [0.2, 0.25) is 0 Å². The van der Waals surface area contributed by atoms with Gasteiger partial charge in [0.25, 0.3) is 0 Å². The average Bonchev–Trinajstić information content (AvgIpc) is 2.87. The van der Waals surface area contributed by atoms with Crippen molar-refractivity contribution >= 4 is 5.78 Å². The van der Waals surface area contributed by atoms with E-state index in [1.807, 2.05) is 6.07 Å². The van der Waals surface area contributed by atoms with Gasteiger partial charge in [-0.25, -0.2) is 0 Å². The maximum atomic E-state index is 12.6. The second-order valence-electron chi connectivity index (χ2n) is 5.85. The Kier molecular flexibility index (Phi) is 3.43. The number of rotatable bonds is 3. The monoisotopic (exact) mass is 264 g/mol. The summed E-state index contributed by atoms with van der Waals surface area (Å²) >= 11 is 0. The molecule has 1 aliphatic rings. The summed E-state index contributed by atoms with van der Waals surface area (Å²) in [7, 11) is 0. The lowest BCUT2D eigenvalue weighted by Crippen LogP contribution is -2.12. The van der Waals surface area contributed by atoms with Crippen molar-refractivity contribution in [1.29, 1.82) is 0 Å². The molecule has 102 valence electrons. The van der Waals surface area contributed by atoms with Gasteiger partial charge in [0.15, 0.2) is 0 Å². The van der Waals surface area contributed by atoms with Gasteiger partial charge in [0.05, 0.1) is 0 Å². The van der Waals surface area contributed by atoms with E-state index in [2.05, 4.69) is 50.2 Å². The van der Waals surface area contributed by atoms with Gasteiger partial charge in [-0.1, -0.05) is 42.5 Å². The molecule has 0 heterocycles. The van der Waals surface area contributed by atoms with Gasteiger partial charge < -0.3 is 0 Å². The third-order valence-electron chi connectivity index (χ3n) is 4.47. The predicted octanol–water partition coefficient (Wildman–Crippen LogP) is 4.15. The zero-order valence-electron chi connectivity index (χ0n) is 12.1. The molecule has 0 radical (unpaired) electrons. The van der Waals surface area contributed by atoms with Crippen molar-refractivity contribution in [3.63, 3.8) is 0 Å². The van der Waals surface area contributed by atoms with Gasteiger partial charge in [-0.2, -0.15) is 0 Å². The minimum absolute atomic E-state index is 0.104. The number of ketones is 1. The predicted molar refractivity (Wildman–Crippen MR) is 82.1 cm³/mol. The largest absolute Gasteiger partial charge is 0.299 e. The number of hydrogen-bond donors (Lipinski definition) is 0. The summed E-state index contributed by atoms with van der Waals surface area (Å²) in [4.78, 5) is 12.6. The molecule has 3 rings (SSSR count). The molecule has 0 aliphatic heterocycles. The molecule has 0 saturated heterocycles. The molecule has 1 unspecified atom stereocenters. The van der Waals surface area contributed by atoms with Crippen LogP contribution in [0.4, 0.5) is 0 Å². The van der Waals surface area contributed by atoms with E-state index in [0.717, 1.165) is 18.4 Å². The molecule has 0 aromatic heterocycles. The van der Waals surface area contributed by atoms with Crippen molar-refractivity contribution < 1.29 is 4.79 Å². The molecule has 1 nitrogen and oxygen atoms in total. The summed E-state index contributed by atoms with van der Waals surface area (Å²) in [5.74, 6) is 0.464. The van der Waals surface area contributed by atoms with E-state index in [4.69, 9.17) is 0 Å². The Morgan fingerprint density at radius 2 is 1.90 bits per heavy atom. The first-order chi connectivity index (χ1) is 9.65. The summed E-state index contributed by atoms with van der Waals surface area (Å²) in [5.41, 5.74) is 6.30. The molecule has 0 N–H and O–H groups in total. The first-order valence-corrected chi connectivity index (χ1v) is 7.32. The quantitative estimate of drug-likeness (QED) is 0.814. The van der Waals surface area contributed by atoms with Gasteiger partial charge >= 0.3 is 0 Å². The SMILES string of the molecule is Cc1ccc(CC(=O)C2CCc3ccccc32)cc1C. The molecule has 0 spiro atoms. The van der Waals surface area contributed by atoms with E-state index < -0.39 is 0 Å². The standard InChI is InChI=1S/C19H20O/c1-13-7-8-15(11-14(13)2)12-19(20)18-10-9-16-5-3-4-6-17(16)18/h3-8,11,18H,9-10,12H2,1-2H3. The van der Waals surface area contributed by atoms with Crippen molar-refractivity contribution in [3.05, 3.63) is 70.3 Å². The zero-order valence-corrected chi connectivity index (χ0v) is 12.1. The second-order valence-corrected chi connectivity index (χ2v) is 5.85. The number of hydrogen-bond acceptors (Lipinski definition) is 1. The fraction of sp³-hybridized carbons (Fsp3) is 0.316. The van der Waals surface area contributed by atoms with Crippen LogP contribution < -0.4 is 0 Å². The maximum absolute atomic E-state index is 12.6. The topological polar surface area (TPSA) is 17.1 Å². The minimum Gasteiger partial charge on any atom is -0.299 e. The summed E-state index contributed by atoms with van der Waals surface area (Å²) in [6.07, 6.45) is 2.57. The van der Waals surface area contributed by atoms with Gasteiger partial charge in [-0.3, -0.25) is 4.79 Å². The Bertz CT molecular complexity index is 655. The summed E-state index contributed by atoms with van der Waals surface area (Å²) < 4.78 is 0. The van der Waals surface area contributed by atoms with Crippen molar-refractivity contribution in [1.82, 2.24) is 0 Å². The number of carbonyl (C=O) groups is 1. The van der Waals surface area contributed by atoms with Gasteiger partial charge in [-0.05, 0) is 54.5 Å². The molecule has 1 heteroatoms. The van der Waals surface area contributed by atoms with E-state index in [1.54, 1.807) is 0 Å². The molecule has 2 aromatic carbocycles. The highest BCUT2D eigenvalue weighted by Gasteiger charge is 2.27. The third kappa shape index (κ3) is 2.40. The van der Waals surface area contributed by atoms with Crippen LogP contribution in [0, 0.1) is 13.8 Å². The fourth-order valence-electron chi connectivity index (χ4n) is 3.13. The molecule has 0 saturated carbocycles. The number of benzene rings is 2. The van der Waals surface area contributed by atoms with Gasteiger partial charge in [-0.15, -0.1) is 0 Å². The molecule has 0 fully saturated rings. The number of carbonyl (C=O) groups excluding carboxylic acids is 1. The van der Waals surface area contributed by atoms with Gasteiger partial charge in [0.1, 0.15) is 5.78 Å². The first-order valence-electron chi connectivity index (χ1n) is 7.32. The summed E-state index contributed by atoms with van der Waals surface area (Å²) in [6, 6.07) is 14.7. The van der Waals surface area contributed by atoms with E-state index in [1.165, 1.54) is 22.3 Å². The van der Waals surface area contributed by atoms with E-state index >= 15 is 0 Å². The van der Waals surface area contributed by atoms with Crippen LogP contribution >= 0.6 is 0 Å². The summed E-state index contributed by atoms with van der Waals surface area (Å²) in [6.45, 7) is 4.21. The number of fused-ring (bicyclic) bond motifs is 1. The highest BCUT2D eigenvalue weighted by molar-refractivity contribution is 5.88. The number of Topliss-reactive ketones (excluding diaryl/α,β-unsaturated/α-hetero) is 1. The van der Waals surface area contributed by atoms with Crippen molar-refractivity contribution in [2.75, 3.05) is 0 Å². The van der Waals surface area contributed by atoms with Crippen LogP contribution in [0.15, 0.2) is 42.5 Å². The lowest BCUT2D eigenvalue weighted by Gasteiger charge is -2.11. The maximum Gasteiger partial charge on any atom is 0.144 e. The molecule has 20 heavy (non-hydrogen) atoms. The van der Waals surface area contributed by atoms with E-state index in [9.17, 15) is 4.79 Å². The van der Waals surface area contributed by atoms with Crippen molar-refractivity contribution in [2.24, 2.45) is 0 Å². The molecule has 0 bridgehead atoms. The fourth-order valence-corrected chi connectivity index (χ4v) is 3.13. The van der Waals surface area contributed by atoms with Crippen LogP contribution in [-0.2, 0) is 17.6 Å². The van der Waals surface area contributed by atoms with Crippen molar-refractivity contribution in [3.8, 4) is 0 Å². The molecule has 1 atom stereocenters. The Labute approximate surface area is 120 Å². The van der Waals surface area contributed by atoms with Crippen LogP contribution in [-0.4, -0.2) is 5.78 Å². The second kappa shape index (κ2) is 5.24. The van der Waals surface area contributed by atoms with E-state index in [0.29, 0.717) is 12.2 Å². The first kappa shape index (κ1) is 13.1. The van der Waals surface area contributed by atoms with Crippen LogP contribution in [0.5, 0.6) is 0 Å². The highest BCUT2D eigenvalue weighted by Crippen LogP contribution is 2.34. The molecule has 0 amide bonds. The summed E-state index contributed by atoms with van der Waals surface area (Å²) in [5, 5.41) is 0. The van der Waals surface area contributed by atoms with E-state index in [-0.39, 0.29) is 5.92 Å². The highest BCUT2D eigenvalue weighted by atomic mass is 16.1. The lowest BCUT2D eigenvalue weighted by molar-refractivity contribution is -0.119. The van der Waals surface area contributed by atoms with Crippen LogP contribution in [0.1, 0.15) is 40.2 Å². The Morgan fingerprint density at radius 3 is 2.70 bits per heavy atom.